The number of methoxy groups -OCH3 is 1. The summed E-state index contributed by atoms with van der Waals surface area (Å²) in [5, 5.41) is 11.6. The number of hydrogen-bond acceptors (Lipinski definition) is 5. The first-order valence-corrected chi connectivity index (χ1v) is 9.10. The van der Waals surface area contributed by atoms with Crippen LogP contribution in [-0.2, 0) is 31.4 Å². The first kappa shape index (κ1) is 21.2. The van der Waals surface area contributed by atoms with Crippen LogP contribution in [-0.4, -0.2) is 45.6 Å². The van der Waals surface area contributed by atoms with E-state index in [1.165, 1.54) is 27.4 Å². The van der Waals surface area contributed by atoms with Crippen molar-refractivity contribution in [3.8, 4) is 5.88 Å². The van der Waals surface area contributed by atoms with Crippen LogP contribution in [0.5, 0.6) is 5.88 Å². The molecule has 0 amide bonds. The lowest BCUT2D eigenvalue weighted by Crippen LogP contribution is -2.23. The van der Waals surface area contributed by atoms with Gasteiger partial charge in [-0.15, -0.1) is 16.4 Å². The van der Waals surface area contributed by atoms with E-state index in [1.807, 2.05) is 23.1 Å². The second kappa shape index (κ2) is 8.75. The molecule has 27 heavy (non-hydrogen) atoms. The van der Waals surface area contributed by atoms with Gasteiger partial charge in [0, 0.05) is 35.5 Å². The lowest BCUT2D eigenvalue weighted by molar-refractivity contribution is -0.192. The molecule has 1 aliphatic heterocycles. The Bertz CT molecular complexity index is 786. The number of rotatable bonds is 3. The SMILES string of the molecule is COc1nn(C)c2c1CCCN(Cc1ccc(C)s1)C2.O=C(O)C(F)(F)F. The number of halogens is 3. The van der Waals surface area contributed by atoms with E-state index in [2.05, 4.69) is 29.1 Å². The van der Waals surface area contributed by atoms with Crippen LogP contribution in [0.1, 0.15) is 27.4 Å². The molecule has 0 bridgehead atoms. The molecule has 0 spiro atoms. The summed E-state index contributed by atoms with van der Waals surface area (Å²) in [7, 11) is 3.72. The Morgan fingerprint density at radius 1 is 1.41 bits per heavy atom. The zero-order valence-electron chi connectivity index (χ0n) is 15.3. The second-order valence-corrected chi connectivity index (χ2v) is 7.56. The van der Waals surface area contributed by atoms with Gasteiger partial charge in [0.05, 0.1) is 12.8 Å². The van der Waals surface area contributed by atoms with Crippen molar-refractivity contribution >= 4 is 17.3 Å². The minimum atomic E-state index is -5.08. The molecular formula is C17H22F3N3O3S. The molecule has 10 heteroatoms. The second-order valence-electron chi connectivity index (χ2n) is 6.19. The molecule has 0 radical (unpaired) electrons. The van der Waals surface area contributed by atoms with Gasteiger partial charge >= 0.3 is 12.1 Å². The number of fused-ring (bicyclic) bond motifs is 1. The summed E-state index contributed by atoms with van der Waals surface area (Å²) in [6.07, 6.45) is -2.86. The maximum atomic E-state index is 10.6. The highest BCUT2D eigenvalue weighted by atomic mass is 32.1. The number of aryl methyl sites for hydroxylation is 2. The van der Waals surface area contributed by atoms with E-state index in [0.717, 1.165) is 31.9 Å². The lowest BCUT2D eigenvalue weighted by atomic mass is 10.1. The van der Waals surface area contributed by atoms with Crippen LogP contribution < -0.4 is 4.74 Å². The van der Waals surface area contributed by atoms with Crippen LogP contribution in [0.15, 0.2) is 12.1 Å². The first-order chi connectivity index (χ1) is 12.6. The Labute approximate surface area is 159 Å². The maximum Gasteiger partial charge on any atom is 0.490 e. The molecule has 150 valence electrons. The Balaban J connectivity index is 0.000000321. The number of hydrogen-bond donors (Lipinski definition) is 1. The third-order valence-corrected chi connectivity index (χ3v) is 5.11. The number of aromatic nitrogens is 2. The van der Waals surface area contributed by atoms with E-state index in [0.29, 0.717) is 0 Å². The van der Waals surface area contributed by atoms with Gasteiger partial charge in [0.25, 0.3) is 0 Å². The minimum absolute atomic E-state index is 0.802. The molecule has 0 saturated heterocycles. The van der Waals surface area contributed by atoms with E-state index >= 15 is 0 Å². The number of carboxylic acid groups (broad SMARTS) is 1. The highest BCUT2D eigenvalue weighted by Crippen LogP contribution is 2.28. The van der Waals surface area contributed by atoms with Crippen molar-refractivity contribution in [2.45, 2.75) is 39.0 Å². The molecule has 1 N–H and O–H groups in total. The van der Waals surface area contributed by atoms with Gasteiger partial charge in [-0.2, -0.15) is 13.2 Å². The largest absolute Gasteiger partial charge is 0.490 e. The molecule has 0 fully saturated rings. The van der Waals surface area contributed by atoms with Crippen molar-refractivity contribution in [1.29, 1.82) is 0 Å². The molecule has 2 aromatic rings. The molecule has 0 aliphatic carbocycles. The molecule has 0 saturated carbocycles. The van der Waals surface area contributed by atoms with Crippen molar-refractivity contribution < 1.29 is 27.8 Å². The molecule has 1 aliphatic rings. The highest BCUT2D eigenvalue weighted by Gasteiger charge is 2.38. The van der Waals surface area contributed by atoms with Crippen LogP contribution in [0.2, 0.25) is 0 Å². The van der Waals surface area contributed by atoms with Gasteiger partial charge in [-0.1, -0.05) is 0 Å². The summed E-state index contributed by atoms with van der Waals surface area (Å²) in [6.45, 7) is 5.29. The zero-order chi connectivity index (χ0) is 20.2. The predicted molar refractivity (Wildman–Crippen MR) is 94.9 cm³/mol. The van der Waals surface area contributed by atoms with Gasteiger partial charge in [0.1, 0.15) is 0 Å². The summed E-state index contributed by atoms with van der Waals surface area (Å²) in [6, 6.07) is 4.45. The van der Waals surface area contributed by atoms with Gasteiger partial charge in [-0.05, 0) is 38.4 Å². The summed E-state index contributed by atoms with van der Waals surface area (Å²) in [5.41, 5.74) is 2.59. The number of aliphatic carboxylic acids is 1. The highest BCUT2D eigenvalue weighted by molar-refractivity contribution is 7.11. The molecule has 3 rings (SSSR count). The van der Waals surface area contributed by atoms with Crippen LogP contribution in [0.4, 0.5) is 13.2 Å². The van der Waals surface area contributed by atoms with Gasteiger partial charge in [0.15, 0.2) is 0 Å². The van der Waals surface area contributed by atoms with Crippen molar-refractivity contribution in [2.75, 3.05) is 13.7 Å². The minimum Gasteiger partial charge on any atom is -0.480 e. The first-order valence-electron chi connectivity index (χ1n) is 8.28. The summed E-state index contributed by atoms with van der Waals surface area (Å²) in [5.74, 6) is -1.95. The van der Waals surface area contributed by atoms with Crippen molar-refractivity contribution in [1.82, 2.24) is 14.7 Å². The third-order valence-electron chi connectivity index (χ3n) is 4.12. The fourth-order valence-electron chi connectivity index (χ4n) is 2.88. The summed E-state index contributed by atoms with van der Waals surface area (Å²) in [4.78, 5) is 14.2. The van der Waals surface area contributed by atoms with Crippen LogP contribution in [0, 0.1) is 6.92 Å². The number of nitrogens with zero attached hydrogens (tertiary/aromatic N) is 3. The van der Waals surface area contributed by atoms with E-state index in [-0.39, 0.29) is 0 Å². The average Bonchev–Trinajstić information content (AvgIpc) is 3.03. The van der Waals surface area contributed by atoms with Crippen molar-refractivity contribution in [3.05, 3.63) is 33.1 Å². The number of carbonyl (C=O) groups is 1. The van der Waals surface area contributed by atoms with Crippen molar-refractivity contribution in [2.24, 2.45) is 7.05 Å². The molecule has 0 aromatic carbocycles. The Kier molecular flexibility index (Phi) is 6.88. The predicted octanol–water partition coefficient (Wildman–Crippen LogP) is 3.38. The molecule has 0 atom stereocenters. The monoisotopic (exact) mass is 405 g/mol. The van der Waals surface area contributed by atoms with Crippen LogP contribution in [0.3, 0.4) is 0 Å². The van der Waals surface area contributed by atoms with Crippen LogP contribution in [0.25, 0.3) is 0 Å². The van der Waals surface area contributed by atoms with E-state index < -0.39 is 12.1 Å². The fourth-order valence-corrected chi connectivity index (χ4v) is 3.82. The van der Waals surface area contributed by atoms with Crippen LogP contribution >= 0.6 is 11.3 Å². The molecule has 3 heterocycles. The van der Waals surface area contributed by atoms with E-state index in [4.69, 9.17) is 14.6 Å². The summed E-state index contributed by atoms with van der Waals surface area (Å²) < 4.78 is 39.1. The topological polar surface area (TPSA) is 67.6 Å². The van der Waals surface area contributed by atoms with Gasteiger partial charge in [-0.3, -0.25) is 9.58 Å². The number of carboxylic acids is 1. The average molecular weight is 405 g/mol. The normalized spacial score (nSPS) is 14.7. The Morgan fingerprint density at radius 3 is 2.59 bits per heavy atom. The fraction of sp³-hybridized carbons (Fsp3) is 0.529. The molecule has 0 unspecified atom stereocenters. The van der Waals surface area contributed by atoms with Gasteiger partial charge in [-0.25, -0.2) is 4.79 Å². The maximum absolute atomic E-state index is 10.6. The number of alkyl halides is 3. The van der Waals surface area contributed by atoms with Crippen molar-refractivity contribution in [3.63, 3.8) is 0 Å². The molecular weight excluding hydrogens is 383 g/mol. The quantitative estimate of drug-likeness (QED) is 0.848. The Morgan fingerprint density at radius 2 is 2.07 bits per heavy atom. The number of thiophene rings is 1. The van der Waals surface area contributed by atoms with Gasteiger partial charge < -0.3 is 9.84 Å². The molecule has 2 aromatic heterocycles. The summed E-state index contributed by atoms with van der Waals surface area (Å²) >= 11 is 1.89. The number of ether oxygens (including phenoxy) is 1. The zero-order valence-corrected chi connectivity index (χ0v) is 16.2. The standard InChI is InChI=1S/C15H21N3OS.C2HF3O2/c1-11-6-7-12(20-11)9-18-8-4-5-13-14(10-18)17(2)16-15(13)19-3;3-2(4,5)1(6)7/h6-7H,4-5,8-10H2,1-3H3;(H,6,7). The smallest absolute Gasteiger partial charge is 0.480 e. The Hall–Kier alpha value is -2.07. The van der Waals surface area contributed by atoms with Gasteiger partial charge in [0.2, 0.25) is 5.88 Å². The van der Waals surface area contributed by atoms with E-state index in [1.54, 1.807) is 7.11 Å². The van der Waals surface area contributed by atoms with E-state index in [9.17, 15) is 13.2 Å². The third kappa shape index (κ3) is 5.70. The lowest BCUT2D eigenvalue weighted by Gasteiger charge is -2.19. The molecule has 6 nitrogen and oxygen atoms in total.